The van der Waals surface area contributed by atoms with Crippen molar-refractivity contribution in [3.63, 3.8) is 0 Å². The molecular formula is C14H21N3O3. The van der Waals surface area contributed by atoms with Crippen LogP contribution in [0.3, 0.4) is 0 Å². The standard InChI is InChI=1S/C14H21N3O3/c1-13(2,3)14(20-11-8-15-10-16-9-11)6-4-5-7-17(14)12(18)19/h8-10H,4-7H2,1-3H3,(H,18,19). The number of likely N-dealkylation sites (tertiary alicyclic amines) is 1. The summed E-state index contributed by atoms with van der Waals surface area (Å²) in [5.41, 5.74) is -1.25. The molecule has 0 bridgehead atoms. The average Bonchev–Trinajstić information content (AvgIpc) is 2.39. The fourth-order valence-corrected chi connectivity index (χ4v) is 2.77. The number of carbonyl (C=O) groups is 1. The first-order valence-electron chi connectivity index (χ1n) is 6.81. The van der Waals surface area contributed by atoms with Crippen molar-refractivity contribution < 1.29 is 14.6 Å². The molecule has 1 fully saturated rings. The molecule has 6 nitrogen and oxygen atoms in total. The van der Waals surface area contributed by atoms with Gasteiger partial charge in [0.05, 0.1) is 12.4 Å². The van der Waals surface area contributed by atoms with Gasteiger partial charge in [0.2, 0.25) is 0 Å². The van der Waals surface area contributed by atoms with Crippen LogP contribution in [-0.2, 0) is 0 Å². The van der Waals surface area contributed by atoms with E-state index < -0.39 is 11.8 Å². The van der Waals surface area contributed by atoms with Gasteiger partial charge in [-0.1, -0.05) is 20.8 Å². The maximum atomic E-state index is 11.6. The molecule has 2 rings (SSSR count). The number of ether oxygens (including phenoxy) is 1. The van der Waals surface area contributed by atoms with Crippen molar-refractivity contribution in [3.8, 4) is 5.75 Å². The summed E-state index contributed by atoms with van der Waals surface area (Å²) in [6.07, 6.45) is 6.07. The second kappa shape index (κ2) is 5.26. The first-order chi connectivity index (χ1) is 9.37. The molecule has 0 aromatic carbocycles. The van der Waals surface area contributed by atoms with Crippen molar-refractivity contribution in [2.75, 3.05) is 6.54 Å². The van der Waals surface area contributed by atoms with Crippen molar-refractivity contribution in [1.29, 1.82) is 0 Å². The molecule has 1 atom stereocenters. The van der Waals surface area contributed by atoms with E-state index in [4.69, 9.17) is 4.74 Å². The SMILES string of the molecule is CC(C)(C)C1(Oc2cncnc2)CCCCN1C(=O)O. The van der Waals surface area contributed by atoms with E-state index in [0.29, 0.717) is 18.7 Å². The molecule has 1 aromatic rings. The van der Waals surface area contributed by atoms with Crippen molar-refractivity contribution >= 4 is 6.09 Å². The number of hydrogen-bond donors (Lipinski definition) is 1. The quantitative estimate of drug-likeness (QED) is 0.900. The molecule has 1 saturated heterocycles. The van der Waals surface area contributed by atoms with Gasteiger partial charge in [0.25, 0.3) is 0 Å². The van der Waals surface area contributed by atoms with Crippen LogP contribution in [-0.4, -0.2) is 38.3 Å². The normalized spacial score (nSPS) is 23.4. The highest BCUT2D eigenvalue weighted by Gasteiger charge is 2.52. The second-order valence-electron chi connectivity index (χ2n) is 6.10. The molecule has 1 N–H and O–H groups in total. The largest absolute Gasteiger partial charge is 0.465 e. The summed E-state index contributed by atoms with van der Waals surface area (Å²) in [7, 11) is 0. The van der Waals surface area contributed by atoms with E-state index in [9.17, 15) is 9.90 Å². The second-order valence-corrected chi connectivity index (χ2v) is 6.10. The van der Waals surface area contributed by atoms with E-state index in [0.717, 1.165) is 12.8 Å². The van der Waals surface area contributed by atoms with Crippen LogP contribution in [0.4, 0.5) is 4.79 Å². The van der Waals surface area contributed by atoms with Crippen LogP contribution in [0.1, 0.15) is 40.0 Å². The minimum atomic E-state index is -0.948. The van der Waals surface area contributed by atoms with Gasteiger partial charge >= 0.3 is 6.09 Å². The molecule has 1 aliphatic rings. The molecule has 1 aliphatic heterocycles. The minimum absolute atomic E-state index is 0.359. The highest BCUT2D eigenvalue weighted by atomic mass is 16.5. The van der Waals surface area contributed by atoms with Crippen molar-refractivity contribution in [1.82, 2.24) is 14.9 Å². The van der Waals surface area contributed by atoms with Crippen LogP contribution >= 0.6 is 0 Å². The van der Waals surface area contributed by atoms with Crippen molar-refractivity contribution in [3.05, 3.63) is 18.7 Å². The van der Waals surface area contributed by atoms with Crippen LogP contribution in [0.2, 0.25) is 0 Å². The summed E-state index contributed by atoms with van der Waals surface area (Å²) in [4.78, 5) is 20.9. The van der Waals surface area contributed by atoms with Gasteiger partial charge in [0.1, 0.15) is 6.33 Å². The number of hydrogen-bond acceptors (Lipinski definition) is 4. The maximum absolute atomic E-state index is 11.6. The van der Waals surface area contributed by atoms with Gasteiger partial charge < -0.3 is 9.84 Å². The summed E-state index contributed by atoms with van der Waals surface area (Å²) in [6.45, 7) is 6.48. The van der Waals surface area contributed by atoms with E-state index >= 15 is 0 Å². The van der Waals surface area contributed by atoms with Crippen LogP contribution in [0, 0.1) is 5.41 Å². The summed E-state index contributed by atoms with van der Waals surface area (Å²) in [5, 5.41) is 9.53. The monoisotopic (exact) mass is 279 g/mol. The number of amides is 1. The Morgan fingerprint density at radius 2 is 2.00 bits per heavy atom. The molecule has 110 valence electrons. The molecule has 0 spiro atoms. The van der Waals surface area contributed by atoms with Gasteiger partial charge in [-0.25, -0.2) is 14.8 Å². The Hall–Kier alpha value is -1.85. The highest BCUT2D eigenvalue weighted by Crippen LogP contribution is 2.43. The summed E-state index contributed by atoms with van der Waals surface area (Å²) >= 11 is 0. The third-order valence-electron chi connectivity index (χ3n) is 3.81. The first kappa shape index (κ1) is 14.6. The summed E-state index contributed by atoms with van der Waals surface area (Å²) < 4.78 is 6.10. The fourth-order valence-electron chi connectivity index (χ4n) is 2.77. The summed E-state index contributed by atoms with van der Waals surface area (Å²) in [6, 6.07) is 0. The van der Waals surface area contributed by atoms with Gasteiger partial charge in [-0.05, 0) is 12.8 Å². The lowest BCUT2D eigenvalue weighted by Gasteiger charge is -2.52. The van der Waals surface area contributed by atoms with Crippen molar-refractivity contribution in [2.24, 2.45) is 5.41 Å². The van der Waals surface area contributed by atoms with E-state index in [1.165, 1.54) is 11.2 Å². The molecule has 6 heteroatoms. The van der Waals surface area contributed by atoms with Gasteiger partial charge in [-0.2, -0.15) is 0 Å². The van der Waals surface area contributed by atoms with Gasteiger partial charge in [-0.3, -0.25) is 4.90 Å². The molecule has 0 saturated carbocycles. The fraction of sp³-hybridized carbons (Fsp3) is 0.643. The van der Waals surface area contributed by atoms with Crippen LogP contribution in [0.25, 0.3) is 0 Å². The molecule has 1 aromatic heterocycles. The Morgan fingerprint density at radius 3 is 2.55 bits per heavy atom. The van der Waals surface area contributed by atoms with E-state index in [1.807, 2.05) is 20.8 Å². The van der Waals surface area contributed by atoms with Gasteiger partial charge in [0.15, 0.2) is 11.5 Å². The lowest BCUT2D eigenvalue weighted by atomic mass is 9.76. The molecule has 2 heterocycles. The third kappa shape index (κ3) is 2.55. The van der Waals surface area contributed by atoms with E-state index in [-0.39, 0.29) is 5.41 Å². The zero-order valence-corrected chi connectivity index (χ0v) is 12.2. The smallest absolute Gasteiger partial charge is 0.410 e. The summed E-state index contributed by atoms with van der Waals surface area (Å²) in [5.74, 6) is 0.496. The number of piperidine rings is 1. The zero-order valence-electron chi connectivity index (χ0n) is 12.2. The molecule has 0 radical (unpaired) electrons. The Balaban J connectivity index is 2.41. The first-order valence-corrected chi connectivity index (χ1v) is 6.81. The zero-order chi connectivity index (χ0) is 14.8. The van der Waals surface area contributed by atoms with Crippen LogP contribution in [0.15, 0.2) is 18.7 Å². The highest BCUT2D eigenvalue weighted by molar-refractivity contribution is 5.66. The molecular weight excluding hydrogens is 258 g/mol. The van der Waals surface area contributed by atoms with Crippen LogP contribution < -0.4 is 4.74 Å². The predicted molar refractivity (Wildman–Crippen MR) is 73.4 cm³/mol. The van der Waals surface area contributed by atoms with Crippen LogP contribution in [0.5, 0.6) is 5.75 Å². The lowest BCUT2D eigenvalue weighted by molar-refractivity contribution is -0.161. The number of carboxylic acid groups (broad SMARTS) is 1. The maximum Gasteiger partial charge on any atom is 0.410 e. The molecule has 0 aliphatic carbocycles. The van der Waals surface area contributed by atoms with E-state index in [1.54, 1.807) is 12.4 Å². The molecule has 1 unspecified atom stereocenters. The topological polar surface area (TPSA) is 75.6 Å². The number of nitrogens with zero attached hydrogens (tertiary/aromatic N) is 3. The van der Waals surface area contributed by atoms with Gasteiger partial charge in [0, 0.05) is 18.4 Å². The third-order valence-corrected chi connectivity index (χ3v) is 3.81. The number of aromatic nitrogens is 2. The minimum Gasteiger partial charge on any atom is -0.465 e. The van der Waals surface area contributed by atoms with Gasteiger partial charge in [-0.15, -0.1) is 0 Å². The molecule has 20 heavy (non-hydrogen) atoms. The number of rotatable bonds is 2. The lowest BCUT2D eigenvalue weighted by Crippen LogP contribution is -2.64. The Labute approximate surface area is 118 Å². The van der Waals surface area contributed by atoms with E-state index in [2.05, 4.69) is 9.97 Å². The Kier molecular flexibility index (Phi) is 3.83. The predicted octanol–water partition coefficient (Wildman–Crippen LogP) is 2.76. The molecule has 1 amide bonds. The Bertz CT molecular complexity index is 472. The average molecular weight is 279 g/mol. The Morgan fingerprint density at radius 1 is 1.35 bits per heavy atom. The van der Waals surface area contributed by atoms with Crippen molar-refractivity contribution in [2.45, 2.75) is 45.8 Å².